The van der Waals surface area contributed by atoms with E-state index in [-0.39, 0.29) is 0 Å². The van der Waals surface area contributed by atoms with Gasteiger partial charge >= 0.3 is 0 Å². The first kappa shape index (κ1) is 7.10. The third kappa shape index (κ3) is 2.08. The highest BCUT2D eigenvalue weighted by Gasteiger charge is 1.88. The number of thioether (sulfide) groups is 1. The maximum atomic E-state index is 8.24. The number of rotatable bonds is 2. The lowest BCUT2D eigenvalue weighted by molar-refractivity contribution is 1.24. The van der Waals surface area contributed by atoms with Gasteiger partial charge in [0.15, 0.2) is 0 Å². The van der Waals surface area contributed by atoms with Crippen LogP contribution in [0.15, 0.2) is 29.4 Å². The van der Waals surface area contributed by atoms with Crippen LogP contribution in [0.2, 0.25) is 0 Å². The summed E-state index contributed by atoms with van der Waals surface area (Å²) in [6.45, 7) is 0. The van der Waals surface area contributed by atoms with E-state index >= 15 is 0 Å². The Balaban J connectivity index is 2.52. The van der Waals surface area contributed by atoms with Crippen molar-refractivity contribution in [1.29, 1.82) is 5.26 Å². The van der Waals surface area contributed by atoms with Crippen molar-refractivity contribution >= 4 is 11.8 Å². The Labute approximate surface area is 63.9 Å². The van der Waals surface area contributed by atoms with Gasteiger partial charge in [0.25, 0.3) is 0 Å². The monoisotopic (exact) mass is 150 g/mol. The van der Waals surface area contributed by atoms with Gasteiger partial charge in [0, 0.05) is 17.3 Å². The van der Waals surface area contributed by atoms with Gasteiger partial charge in [-0.3, -0.25) is 4.98 Å². The maximum absolute atomic E-state index is 8.24. The first-order chi connectivity index (χ1) is 4.93. The summed E-state index contributed by atoms with van der Waals surface area (Å²) >= 11 is 1.50. The molecule has 0 bridgehead atoms. The van der Waals surface area contributed by atoms with E-state index in [0.29, 0.717) is 5.75 Å². The van der Waals surface area contributed by atoms with E-state index in [1.54, 1.807) is 12.4 Å². The molecule has 0 radical (unpaired) electrons. The van der Waals surface area contributed by atoms with Gasteiger partial charge in [-0.05, 0) is 12.1 Å². The summed E-state index contributed by atoms with van der Waals surface area (Å²) < 4.78 is 0. The molecule has 3 heteroatoms. The summed E-state index contributed by atoms with van der Waals surface area (Å²) in [5.74, 6) is 0.492. The highest BCUT2D eigenvalue weighted by Crippen LogP contribution is 2.13. The molecule has 2 nitrogen and oxygen atoms in total. The first-order valence-electron chi connectivity index (χ1n) is 2.83. The zero-order chi connectivity index (χ0) is 7.23. The lowest BCUT2D eigenvalue weighted by Crippen LogP contribution is -1.74. The van der Waals surface area contributed by atoms with Crippen molar-refractivity contribution in [3.05, 3.63) is 24.5 Å². The van der Waals surface area contributed by atoms with Crippen molar-refractivity contribution in [2.75, 3.05) is 5.75 Å². The molecule has 0 saturated heterocycles. The Kier molecular flexibility index (Phi) is 2.78. The van der Waals surface area contributed by atoms with Gasteiger partial charge < -0.3 is 0 Å². The predicted molar refractivity (Wildman–Crippen MR) is 40.6 cm³/mol. The molecular formula is C7H6N2S. The molecule has 0 aliphatic carbocycles. The number of aromatic nitrogens is 1. The minimum absolute atomic E-state index is 0.492. The fourth-order valence-electron chi connectivity index (χ4n) is 0.548. The molecule has 1 rings (SSSR count). The van der Waals surface area contributed by atoms with E-state index in [9.17, 15) is 0 Å². The second-order valence-electron chi connectivity index (χ2n) is 1.64. The summed E-state index contributed by atoms with van der Waals surface area (Å²) in [4.78, 5) is 4.95. The molecule has 0 aliphatic heterocycles. The van der Waals surface area contributed by atoms with Crippen molar-refractivity contribution < 1.29 is 0 Å². The number of pyridine rings is 1. The zero-order valence-corrected chi connectivity index (χ0v) is 6.14. The molecule has 0 saturated carbocycles. The molecule has 0 aliphatic rings. The largest absolute Gasteiger partial charge is 0.264 e. The van der Waals surface area contributed by atoms with Crippen molar-refractivity contribution in [2.24, 2.45) is 0 Å². The molecule has 1 aromatic heterocycles. The quantitative estimate of drug-likeness (QED) is 0.602. The van der Waals surface area contributed by atoms with Crippen LogP contribution in [0.25, 0.3) is 0 Å². The van der Waals surface area contributed by atoms with Crippen LogP contribution in [-0.2, 0) is 0 Å². The van der Waals surface area contributed by atoms with Crippen molar-refractivity contribution in [3.63, 3.8) is 0 Å². The van der Waals surface area contributed by atoms with E-state index in [1.807, 2.05) is 12.1 Å². The number of nitriles is 1. The van der Waals surface area contributed by atoms with Crippen LogP contribution in [0.1, 0.15) is 0 Å². The SMILES string of the molecule is N#CCSc1cccnc1. The van der Waals surface area contributed by atoms with Crippen LogP contribution in [0.4, 0.5) is 0 Å². The molecule has 50 valence electrons. The summed E-state index contributed by atoms with van der Waals surface area (Å²) in [7, 11) is 0. The molecule has 0 fully saturated rings. The van der Waals surface area contributed by atoms with Gasteiger partial charge in [-0.25, -0.2) is 0 Å². The molecule has 1 heterocycles. The van der Waals surface area contributed by atoms with Gasteiger partial charge in [0.05, 0.1) is 11.8 Å². The Morgan fingerprint density at radius 1 is 1.70 bits per heavy atom. The van der Waals surface area contributed by atoms with Crippen LogP contribution in [0.3, 0.4) is 0 Å². The van der Waals surface area contributed by atoms with Gasteiger partial charge in [-0.1, -0.05) is 0 Å². The summed E-state index contributed by atoms with van der Waals surface area (Å²) in [5.41, 5.74) is 0. The highest BCUT2D eigenvalue weighted by molar-refractivity contribution is 7.99. The second-order valence-corrected chi connectivity index (χ2v) is 2.68. The van der Waals surface area contributed by atoms with Crippen molar-refractivity contribution in [3.8, 4) is 6.07 Å². The Morgan fingerprint density at radius 3 is 3.20 bits per heavy atom. The van der Waals surface area contributed by atoms with E-state index in [0.717, 1.165) is 4.90 Å². The normalized spacial score (nSPS) is 8.70. The maximum Gasteiger partial charge on any atom is 0.0855 e. The molecule has 0 spiro atoms. The molecule has 0 unspecified atom stereocenters. The van der Waals surface area contributed by atoms with E-state index in [4.69, 9.17) is 5.26 Å². The lowest BCUT2D eigenvalue weighted by atomic mass is 10.5. The highest BCUT2D eigenvalue weighted by atomic mass is 32.2. The molecule has 0 atom stereocenters. The summed E-state index contributed by atoms with van der Waals surface area (Å²) in [5, 5.41) is 8.24. The van der Waals surface area contributed by atoms with Crippen molar-refractivity contribution in [1.82, 2.24) is 4.98 Å². The Hall–Kier alpha value is -1.01. The molecule has 0 N–H and O–H groups in total. The number of hydrogen-bond acceptors (Lipinski definition) is 3. The van der Waals surface area contributed by atoms with Crippen LogP contribution >= 0.6 is 11.8 Å². The number of hydrogen-bond donors (Lipinski definition) is 0. The molecule has 1 aromatic rings. The Morgan fingerprint density at radius 2 is 2.60 bits per heavy atom. The minimum atomic E-state index is 0.492. The number of nitrogens with zero attached hydrogens (tertiary/aromatic N) is 2. The smallest absolute Gasteiger partial charge is 0.0855 e. The average molecular weight is 150 g/mol. The third-order valence-corrected chi connectivity index (χ3v) is 1.79. The Bertz CT molecular complexity index is 227. The van der Waals surface area contributed by atoms with Gasteiger partial charge in [0.1, 0.15) is 0 Å². The fraction of sp³-hybridized carbons (Fsp3) is 0.143. The van der Waals surface area contributed by atoms with Crippen molar-refractivity contribution in [2.45, 2.75) is 4.90 Å². The first-order valence-corrected chi connectivity index (χ1v) is 3.82. The fourth-order valence-corrected chi connectivity index (χ4v) is 1.09. The standard InChI is InChI=1S/C7H6N2S/c8-3-5-10-7-2-1-4-9-6-7/h1-2,4,6H,5H2. The second kappa shape index (κ2) is 3.91. The summed E-state index contributed by atoms with van der Waals surface area (Å²) in [6, 6.07) is 5.85. The zero-order valence-electron chi connectivity index (χ0n) is 5.32. The van der Waals surface area contributed by atoms with Gasteiger partial charge in [0.2, 0.25) is 0 Å². The molecular weight excluding hydrogens is 144 g/mol. The van der Waals surface area contributed by atoms with Gasteiger partial charge in [-0.2, -0.15) is 5.26 Å². The minimum Gasteiger partial charge on any atom is -0.264 e. The van der Waals surface area contributed by atoms with Crippen LogP contribution in [-0.4, -0.2) is 10.7 Å². The van der Waals surface area contributed by atoms with Crippen LogP contribution < -0.4 is 0 Å². The van der Waals surface area contributed by atoms with E-state index in [2.05, 4.69) is 11.1 Å². The van der Waals surface area contributed by atoms with Crippen LogP contribution in [0.5, 0.6) is 0 Å². The molecule has 0 amide bonds. The average Bonchev–Trinajstić information content (AvgIpc) is 2.03. The van der Waals surface area contributed by atoms with Crippen LogP contribution in [0, 0.1) is 11.3 Å². The van der Waals surface area contributed by atoms with E-state index < -0.39 is 0 Å². The predicted octanol–water partition coefficient (Wildman–Crippen LogP) is 1.70. The topological polar surface area (TPSA) is 36.7 Å². The summed E-state index contributed by atoms with van der Waals surface area (Å²) in [6.07, 6.45) is 3.47. The third-order valence-electron chi connectivity index (χ3n) is 0.938. The molecule has 0 aromatic carbocycles. The lowest BCUT2D eigenvalue weighted by Gasteiger charge is -1.91. The molecule has 10 heavy (non-hydrogen) atoms. The van der Waals surface area contributed by atoms with Gasteiger partial charge in [-0.15, -0.1) is 11.8 Å². The van der Waals surface area contributed by atoms with E-state index in [1.165, 1.54) is 11.8 Å².